The van der Waals surface area contributed by atoms with Crippen molar-refractivity contribution < 1.29 is 14.6 Å². The van der Waals surface area contributed by atoms with Crippen LogP contribution in [0, 0.1) is 0 Å². The minimum Gasteiger partial charge on any atom is -0.388 e. The average Bonchev–Trinajstić information content (AvgIpc) is 2.55. The van der Waals surface area contributed by atoms with E-state index in [-0.39, 0.29) is 0 Å². The fraction of sp³-hybridized carbons (Fsp3) is 0.235. The second-order valence-corrected chi connectivity index (χ2v) is 4.94. The van der Waals surface area contributed by atoms with Crippen LogP contribution in [0.4, 0.5) is 0 Å². The van der Waals surface area contributed by atoms with Gasteiger partial charge in [-0.2, -0.15) is 0 Å². The summed E-state index contributed by atoms with van der Waals surface area (Å²) < 4.78 is 5.37. The van der Waals surface area contributed by atoms with Gasteiger partial charge in [0.25, 0.3) is 0 Å². The van der Waals surface area contributed by atoms with E-state index in [1.807, 2.05) is 30.3 Å². The fourth-order valence-corrected chi connectivity index (χ4v) is 2.26. The zero-order valence-electron chi connectivity index (χ0n) is 11.9. The molecule has 0 amide bonds. The molecule has 3 N–H and O–H groups in total. The summed E-state index contributed by atoms with van der Waals surface area (Å²) in [7, 11) is 1.46. The first-order valence-electron chi connectivity index (χ1n) is 6.72. The number of methoxy groups -OCH3 is 1. The Hall–Kier alpha value is -2.01. The van der Waals surface area contributed by atoms with E-state index in [4.69, 9.17) is 10.5 Å². The van der Waals surface area contributed by atoms with Crippen molar-refractivity contribution in [3.05, 3.63) is 71.3 Å². The van der Waals surface area contributed by atoms with Crippen molar-refractivity contribution in [1.29, 1.82) is 0 Å². The zero-order chi connectivity index (χ0) is 15.3. The predicted molar refractivity (Wildman–Crippen MR) is 80.9 cm³/mol. The monoisotopic (exact) mass is 285 g/mol. The van der Waals surface area contributed by atoms with Gasteiger partial charge in [-0.3, -0.25) is 10.5 Å². The number of carbonyl (C=O) groups excluding carboxylic acids is 1. The van der Waals surface area contributed by atoms with Crippen molar-refractivity contribution in [3.8, 4) is 0 Å². The maximum absolute atomic E-state index is 10.7. The van der Waals surface area contributed by atoms with Crippen molar-refractivity contribution in [2.24, 2.45) is 5.73 Å². The normalized spacial score (nSPS) is 15.2. The SMILES string of the molecule is CO[C@@](N)(c1ccc(C=O)cc1)[C@@H](O)Cc1ccccc1. The van der Waals surface area contributed by atoms with E-state index in [1.165, 1.54) is 7.11 Å². The minimum atomic E-state index is -1.32. The number of ether oxygens (including phenoxy) is 1. The van der Waals surface area contributed by atoms with Crippen LogP contribution in [0.2, 0.25) is 0 Å². The molecule has 2 aromatic carbocycles. The van der Waals surface area contributed by atoms with Crippen molar-refractivity contribution >= 4 is 6.29 Å². The molecule has 2 aromatic rings. The first kappa shape index (κ1) is 15.4. The van der Waals surface area contributed by atoms with Gasteiger partial charge in [0.2, 0.25) is 0 Å². The Labute approximate surface area is 124 Å². The Kier molecular flexibility index (Phi) is 4.85. The van der Waals surface area contributed by atoms with Crippen molar-refractivity contribution in [3.63, 3.8) is 0 Å². The highest BCUT2D eigenvalue weighted by molar-refractivity contribution is 5.74. The second-order valence-electron chi connectivity index (χ2n) is 4.94. The third-order valence-electron chi connectivity index (χ3n) is 3.60. The maximum atomic E-state index is 10.7. The van der Waals surface area contributed by atoms with E-state index in [2.05, 4.69) is 0 Å². The summed E-state index contributed by atoms with van der Waals surface area (Å²) in [6.45, 7) is 0. The molecule has 110 valence electrons. The number of nitrogens with two attached hydrogens (primary N) is 1. The third-order valence-corrected chi connectivity index (χ3v) is 3.60. The molecule has 0 aliphatic rings. The number of rotatable bonds is 6. The molecule has 0 heterocycles. The predicted octanol–water partition coefficient (Wildman–Crippen LogP) is 1.86. The van der Waals surface area contributed by atoms with Crippen molar-refractivity contribution in [2.75, 3.05) is 7.11 Å². The highest BCUT2D eigenvalue weighted by Gasteiger charge is 2.35. The van der Waals surface area contributed by atoms with E-state index >= 15 is 0 Å². The first-order chi connectivity index (χ1) is 10.1. The van der Waals surface area contributed by atoms with E-state index < -0.39 is 11.8 Å². The van der Waals surface area contributed by atoms with Gasteiger partial charge in [0.15, 0.2) is 5.72 Å². The lowest BCUT2D eigenvalue weighted by atomic mass is 9.92. The number of aldehydes is 1. The lowest BCUT2D eigenvalue weighted by Gasteiger charge is -2.33. The Bertz CT molecular complexity index is 583. The van der Waals surface area contributed by atoms with Crippen LogP contribution in [0.15, 0.2) is 54.6 Å². The molecule has 0 radical (unpaired) electrons. The molecule has 0 bridgehead atoms. The van der Waals surface area contributed by atoms with Crippen molar-refractivity contribution in [2.45, 2.75) is 18.2 Å². The molecule has 0 fully saturated rings. The van der Waals surface area contributed by atoms with Gasteiger partial charge in [-0.05, 0) is 5.56 Å². The molecular formula is C17H19NO3. The van der Waals surface area contributed by atoms with Crippen LogP contribution >= 0.6 is 0 Å². The van der Waals surface area contributed by atoms with Gasteiger partial charge >= 0.3 is 0 Å². The van der Waals surface area contributed by atoms with E-state index in [0.29, 0.717) is 17.5 Å². The Morgan fingerprint density at radius 1 is 1.19 bits per heavy atom. The summed E-state index contributed by atoms with van der Waals surface area (Å²) in [5.74, 6) is 0. The molecule has 0 unspecified atom stereocenters. The third kappa shape index (κ3) is 3.36. The van der Waals surface area contributed by atoms with Gasteiger partial charge in [-0.25, -0.2) is 0 Å². The second kappa shape index (κ2) is 6.63. The molecular weight excluding hydrogens is 266 g/mol. The number of benzene rings is 2. The quantitative estimate of drug-likeness (QED) is 0.627. The summed E-state index contributed by atoms with van der Waals surface area (Å²) in [5.41, 5.74) is 7.07. The number of hydrogen-bond acceptors (Lipinski definition) is 4. The van der Waals surface area contributed by atoms with Crippen LogP contribution in [0.3, 0.4) is 0 Å². The number of carbonyl (C=O) groups is 1. The highest BCUT2D eigenvalue weighted by Crippen LogP contribution is 2.26. The van der Waals surface area contributed by atoms with Gasteiger partial charge in [-0.1, -0.05) is 54.6 Å². The lowest BCUT2D eigenvalue weighted by molar-refractivity contribution is -0.104. The minimum absolute atomic E-state index is 0.376. The van der Waals surface area contributed by atoms with Crippen LogP contribution in [-0.4, -0.2) is 24.6 Å². The molecule has 0 saturated carbocycles. The van der Waals surface area contributed by atoms with Gasteiger partial charge in [0.05, 0.1) is 0 Å². The molecule has 0 aromatic heterocycles. The molecule has 2 atom stereocenters. The first-order valence-corrected chi connectivity index (χ1v) is 6.72. The lowest BCUT2D eigenvalue weighted by Crippen LogP contribution is -2.50. The van der Waals surface area contributed by atoms with Crippen LogP contribution in [0.5, 0.6) is 0 Å². The summed E-state index contributed by atoms with van der Waals surface area (Å²) in [6, 6.07) is 16.3. The highest BCUT2D eigenvalue weighted by atomic mass is 16.5. The van der Waals surface area contributed by atoms with E-state index in [0.717, 1.165) is 11.8 Å². The van der Waals surface area contributed by atoms with Crippen LogP contribution in [0.25, 0.3) is 0 Å². The molecule has 0 aliphatic carbocycles. The van der Waals surface area contributed by atoms with E-state index in [9.17, 15) is 9.90 Å². The number of hydrogen-bond donors (Lipinski definition) is 2. The summed E-state index contributed by atoms with van der Waals surface area (Å²) in [6.07, 6.45) is 0.225. The van der Waals surface area contributed by atoms with Gasteiger partial charge < -0.3 is 9.84 Å². The smallest absolute Gasteiger partial charge is 0.168 e. The molecule has 4 nitrogen and oxygen atoms in total. The van der Waals surface area contributed by atoms with Gasteiger partial charge in [0.1, 0.15) is 12.4 Å². The summed E-state index contributed by atoms with van der Waals surface area (Å²) in [5, 5.41) is 10.5. The Morgan fingerprint density at radius 3 is 2.33 bits per heavy atom. The topological polar surface area (TPSA) is 72.5 Å². The molecule has 4 heteroatoms. The number of aliphatic hydroxyl groups is 1. The van der Waals surface area contributed by atoms with Gasteiger partial charge in [-0.15, -0.1) is 0 Å². The molecule has 21 heavy (non-hydrogen) atoms. The maximum Gasteiger partial charge on any atom is 0.168 e. The molecule has 2 rings (SSSR count). The largest absolute Gasteiger partial charge is 0.388 e. The Morgan fingerprint density at radius 2 is 1.81 bits per heavy atom. The van der Waals surface area contributed by atoms with Crippen LogP contribution in [-0.2, 0) is 16.9 Å². The molecule has 0 spiro atoms. The summed E-state index contributed by atoms with van der Waals surface area (Å²) >= 11 is 0. The van der Waals surface area contributed by atoms with Crippen LogP contribution < -0.4 is 5.73 Å². The number of aliphatic hydroxyl groups excluding tert-OH is 1. The zero-order valence-corrected chi connectivity index (χ0v) is 11.9. The van der Waals surface area contributed by atoms with Crippen LogP contribution in [0.1, 0.15) is 21.5 Å². The van der Waals surface area contributed by atoms with Gasteiger partial charge in [0, 0.05) is 24.7 Å². The standard InChI is InChI=1S/C17H19NO3/c1-21-17(18,15-9-7-14(12-19)8-10-15)16(20)11-13-5-3-2-4-6-13/h2-10,12,16,20H,11,18H2,1H3/t16-,17-/m0/s1. The molecule has 0 aliphatic heterocycles. The Balaban J connectivity index is 2.24. The fourth-order valence-electron chi connectivity index (χ4n) is 2.26. The van der Waals surface area contributed by atoms with E-state index in [1.54, 1.807) is 24.3 Å². The van der Waals surface area contributed by atoms with Crippen molar-refractivity contribution in [1.82, 2.24) is 0 Å². The average molecular weight is 285 g/mol. The summed E-state index contributed by atoms with van der Waals surface area (Å²) in [4.78, 5) is 10.7. The molecule has 0 saturated heterocycles.